The number of nitrogens with one attached hydrogen (secondary N) is 1. The van der Waals surface area contributed by atoms with E-state index in [4.69, 9.17) is 23.2 Å². The van der Waals surface area contributed by atoms with Crippen molar-refractivity contribution in [1.29, 1.82) is 0 Å². The number of halogens is 3. The van der Waals surface area contributed by atoms with E-state index in [2.05, 4.69) is 5.32 Å². The number of anilines is 1. The number of nitrogens with zero attached hydrogens (tertiary/aromatic N) is 2. The number of hydrogen-bond acceptors (Lipinski definition) is 4. The van der Waals surface area contributed by atoms with Gasteiger partial charge in [0.25, 0.3) is 0 Å². The quantitative estimate of drug-likeness (QED) is 0.390. The van der Waals surface area contributed by atoms with Gasteiger partial charge in [0.1, 0.15) is 11.9 Å². The van der Waals surface area contributed by atoms with Crippen LogP contribution in [0, 0.1) is 5.82 Å². The summed E-state index contributed by atoms with van der Waals surface area (Å²) in [6, 6.07) is 9.31. The van der Waals surface area contributed by atoms with Crippen LogP contribution in [0.4, 0.5) is 10.1 Å². The lowest BCUT2D eigenvalue weighted by molar-refractivity contribution is -0.142. The normalized spacial score (nSPS) is 12.6. The van der Waals surface area contributed by atoms with Gasteiger partial charge in [-0.1, -0.05) is 36.2 Å². The van der Waals surface area contributed by atoms with Crippen LogP contribution in [0.15, 0.2) is 42.5 Å². The molecule has 0 saturated heterocycles. The fourth-order valence-electron chi connectivity index (χ4n) is 3.84. The highest BCUT2D eigenvalue weighted by molar-refractivity contribution is 7.92. The Kier molecular flexibility index (Phi) is 10.8. The largest absolute Gasteiger partial charge is 0.350 e. The van der Waals surface area contributed by atoms with E-state index in [1.54, 1.807) is 25.1 Å². The first kappa shape index (κ1) is 30.9. The van der Waals surface area contributed by atoms with E-state index >= 15 is 0 Å². The molecule has 0 saturated carbocycles. The van der Waals surface area contributed by atoms with Crippen molar-refractivity contribution in [2.75, 3.05) is 17.1 Å². The Morgan fingerprint density at radius 3 is 2.11 bits per heavy atom. The van der Waals surface area contributed by atoms with E-state index in [1.165, 1.54) is 29.2 Å². The van der Waals surface area contributed by atoms with Crippen LogP contribution in [0.5, 0.6) is 0 Å². The second-order valence-electron chi connectivity index (χ2n) is 9.80. The van der Waals surface area contributed by atoms with E-state index in [0.29, 0.717) is 27.7 Å². The SMILES string of the molecule is CC[C@@H](C(=O)NC(C)(C)C)N(Cc1c(Cl)cccc1Cl)C(=O)CCCN(c1ccc(F)cc1)S(C)(=O)=O. The first-order valence-electron chi connectivity index (χ1n) is 11.9. The third kappa shape index (κ3) is 9.16. The maximum absolute atomic E-state index is 13.5. The zero-order chi connectivity index (χ0) is 28.0. The summed E-state index contributed by atoms with van der Waals surface area (Å²) in [5.41, 5.74) is 0.309. The molecular weight excluding hydrogens is 540 g/mol. The lowest BCUT2D eigenvalue weighted by Gasteiger charge is -2.33. The summed E-state index contributed by atoms with van der Waals surface area (Å²) in [4.78, 5) is 28.1. The van der Waals surface area contributed by atoms with E-state index in [1.807, 2.05) is 20.8 Å². The van der Waals surface area contributed by atoms with Crippen molar-refractivity contribution in [3.8, 4) is 0 Å². The second-order valence-corrected chi connectivity index (χ2v) is 12.5. The molecule has 0 radical (unpaired) electrons. The molecule has 0 bridgehead atoms. The maximum Gasteiger partial charge on any atom is 0.243 e. The highest BCUT2D eigenvalue weighted by Crippen LogP contribution is 2.28. The molecule has 0 aliphatic rings. The van der Waals surface area contributed by atoms with Gasteiger partial charge in [-0.25, -0.2) is 12.8 Å². The summed E-state index contributed by atoms with van der Waals surface area (Å²) >= 11 is 12.7. The lowest BCUT2D eigenvalue weighted by atomic mass is 10.0. The van der Waals surface area contributed by atoms with Crippen molar-refractivity contribution in [1.82, 2.24) is 10.2 Å². The number of hydrogen-bond donors (Lipinski definition) is 1. The zero-order valence-electron chi connectivity index (χ0n) is 21.7. The highest BCUT2D eigenvalue weighted by Gasteiger charge is 2.31. The molecule has 1 N–H and O–H groups in total. The Morgan fingerprint density at radius 2 is 1.62 bits per heavy atom. The van der Waals surface area contributed by atoms with Crippen LogP contribution >= 0.6 is 23.2 Å². The average molecular weight is 575 g/mol. The lowest BCUT2D eigenvalue weighted by Crippen LogP contribution is -2.53. The Hall–Kier alpha value is -2.36. The number of sulfonamides is 1. The van der Waals surface area contributed by atoms with Crippen LogP contribution in [0.1, 0.15) is 52.5 Å². The predicted molar refractivity (Wildman–Crippen MR) is 147 cm³/mol. The number of rotatable bonds is 11. The fraction of sp³-hybridized carbons (Fsp3) is 0.462. The molecule has 2 aromatic carbocycles. The molecule has 2 aromatic rings. The molecule has 11 heteroatoms. The van der Waals surface area contributed by atoms with Gasteiger partial charge in [0.2, 0.25) is 21.8 Å². The smallest absolute Gasteiger partial charge is 0.243 e. The molecular formula is C26H34Cl2FN3O4S. The van der Waals surface area contributed by atoms with Crippen LogP contribution in [-0.4, -0.2) is 49.5 Å². The van der Waals surface area contributed by atoms with Gasteiger partial charge in [-0.3, -0.25) is 13.9 Å². The van der Waals surface area contributed by atoms with Gasteiger partial charge in [-0.15, -0.1) is 0 Å². The van der Waals surface area contributed by atoms with Gasteiger partial charge in [-0.05, 0) is 70.0 Å². The Bertz CT molecular complexity index is 1180. The number of carbonyl (C=O) groups excluding carboxylic acids is 2. The van der Waals surface area contributed by atoms with Gasteiger partial charge in [0.15, 0.2) is 0 Å². The first-order valence-corrected chi connectivity index (χ1v) is 14.5. The molecule has 37 heavy (non-hydrogen) atoms. The van der Waals surface area contributed by atoms with E-state index < -0.39 is 27.4 Å². The average Bonchev–Trinajstić information content (AvgIpc) is 2.77. The molecule has 7 nitrogen and oxygen atoms in total. The van der Waals surface area contributed by atoms with Crippen molar-refractivity contribution in [2.45, 2.75) is 65.1 Å². The van der Waals surface area contributed by atoms with Gasteiger partial charge < -0.3 is 10.2 Å². The molecule has 204 valence electrons. The molecule has 2 rings (SSSR count). The minimum atomic E-state index is -3.68. The van der Waals surface area contributed by atoms with Crippen molar-refractivity contribution in [3.05, 3.63) is 63.9 Å². The first-order chi connectivity index (χ1) is 17.1. The summed E-state index contributed by atoms with van der Waals surface area (Å²) in [6.07, 6.45) is 1.54. The molecule has 0 aliphatic carbocycles. The van der Waals surface area contributed by atoms with Gasteiger partial charge in [0.05, 0.1) is 11.9 Å². The van der Waals surface area contributed by atoms with E-state index in [-0.39, 0.29) is 37.7 Å². The van der Waals surface area contributed by atoms with Crippen molar-refractivity contribution >= 4 is 50.7 Å². The minimum absolute atomic E-state index is 0.00186. The summed E-state index contributed by atoms with van der Waals surface area (Å²) in [5.74, 6) is -1.14. The zero-order valence-corrected chi connectivity index (χ0v) is 24.1. The monoisotopic (exact) mass is 573 g/mol. The molecule has 1 atom stereocenters. The molecule has 0 aromatic heterocycles. The highest BCUT2D eigenvalue weighted by atomic mass is 35.5. The van der Waals surface area contributed by atoms with Crippen LogP contribution < -0.4 is 9.62 Å². The van der Waals surface area contributed by atoms with Gasteiger partial charge in [-0.2, -0.15) is 0 Å². The maximum atomic E-state index is 13.5. The standard InChI is InChI=1S/C26H34Cl2FN3O4S/c1-6-23(25(34)30-26(2,3)4)31(17-20-21(27)9-7-10-22(20)28)24(33)11-8-16-32(37(5,35)36)19-14-12-18(29)13-15-19/h7,9-10,12-15,23H,6,8,11,16-17H2,1-5H3,(H,30,34)/t23-/m0/s1. The molecule has 2 amide bonds. The second kappa shape index (κ2) is 12.9. The Labute approximate surface area is 229 Å². The molecule has 0 fully saturated rings. The Morgan fingerprint density at radius 1 is 1.05 bits per heavy atom. The van der Waals surface area contributed by atoms with Crippen LogP contribution in [0.3, 0.4) is 0 Å². The number of amides is 2. The molecule has 0 spiro atoms. The summed E-state index contributed by atoms with van der Waals surface area (Å²) in [6.45, 7) is 7.38. The van der Waals surface area contributed by atoms with Crippen molar-refractivity contribution < 1.29 is 22.4 Å². The van der Waals surface area contributed by atoms with E-state index in [0.717, 1.165) is 10.6 Å². The minimum Gasteiger partial charge on any atom is -0.350 e. The third-order valence-electron chi connectivity index (χ3n) is 5.54. The summed E-state index contributed by atoms with van der Waals surface area (Å²) in [5, 5.41) is 3.67. The molecule has 0 heterocycles. The number of benzene rings is 2. The summed E-state index contributed by atoms with van der Waals surface area (Å²) in [7, 11) is -3.68. The van der Waals surface area contributed by atoms with Crippen LogP contribution in [0.25, 0.3) is 0 Å². The molecule has 0 aliphatic heterocycles. The fourth-order valence-corrected chi connectivity index (χ4v) is 5.32. The number of carbonyl (C=O) groups is 2. The topological polar surface area (TPSA) is 86.8 Å². The van der Waals surface area contributed by atoms with Gasteiger partial charge in [0, 0.05) is 40.7 Å². The van der Waals surface area contributed by atoms with Crippen molar-refractivity contribution in [2.24, 2.45) is 0 Å². The molecule has 0 unspecified atom stereocenters. The summed E-state index contributed by atoms with van der Waals surface area (Å²) < 4.78 is 39.2. The predicted octanol–water partition coefficient (Wildman–Crippen LogP) is 5.40. The van der Waals surface area contributed by atoms with Crippen LogP contribution in [0.2, 0.25) is 10.0 Å². The Balaban J connectivity index is 2.29. The third-order valence-corrected chi connectivity index (χ3v) is 7.44. The van der Waals surface area contributed by atoms with Crippen molar-refractivity contribution in [3.63, 3.8) is 0 Å². The van der Waals surface area contributed by atoms with Gasteiger partial charge >= 0.3 is 0 Å². The van der Waals surface area contributed by atoms with E-state index in [9.17, 15) is 22.4 Å². The van der Waals surface area contributed by atoms with Crippen LogP contribution in [-0.2, 0) is 26.2 Å².